The number of anilines is 2. The molecule has 2 N–H and O–H groups in total. The highest BCUT2D eigenvalue weighted by atomic mass is 19.1. The van der Waals surface area contributed by atoms with Crippen LogP contribution in [0.1, 0.15) is 5.56 Å². The number of carbonyl (C=O) groups is 3. The van der Waals surface area contributed by atoms with Gasteiger partial charge in [-0.25, -0.2) is 9.29 Å². The zero-order chi connectivity index (χ0) is 19.6. The summed E-state index contributed by atoms with van der Waals surface area (Å²) >= 11 is 0. The van der Waals surface area contributed by atoms with Gasteiger partial charge in [0.2, 0.25) is 17.7 Å². The zero-order valence-electron chi connectivity index (χ0n) is 14.7. The van der Waals surface area contributed by atoms with Gasteiger partial charge in [0, 0.05) is 5.69 Å². The third kappa shape index (κ3) is 2.10. The van der Waals surface area contributed by atoms with Crippen molar-refractivity contribution in [2.45, 2.75) is 12.1 Å². The number of para-hydroxylation sites is 1. The summed E-state index contributed by atoms with van der Waals surface area (Å²) in [5.74, 6) is -3.59. The predicted molar refractivity (Wildman–Crippen MR) is 101 cm³/mol. The maximum atomic E-state index is 13.3. The summed E-state index contributed by atoms with van der Waals surface area (Å²) in [5, 5.41) is 0. The zero-order valence-corrected chi connectivity index (χ0v) is 14.7. The summed E-state index contributed by atoms with van der Waals surface area (Å²) in [6.07, 6.45) is 3.75. The highest BCUT2D eigenvalue weighted by Crippen LogP contribution is 2.48. The van der Waals surface area contributed by atoms with Gasteiger partial charge in [-0.3, -0.25) is 14.4 Å². The van der Waals surface area contributed by atoms with Crippen molar-refractivity contribution in [2.75, 3.05) is 9.80 Å². The molecule has 140 valence electrons. The molecule has 0 spiro atoms. The second kappa shape index (κ2) is 5.76. The van der Waals surface area contributed by atoms with Crippen molar-refractivity contribution >= 4 is 35.2 Å². The fourth-order valence-electron chi connectivity index (χ4n) is 4.68. The number of benzene rings is 2. The number of nitrogens with zero attached hydrogens (tertiary/aromatic N) is 2. The first-order chi connectivity index (χ1) is 13.5. The Morgan fingerprint density at radius 1 is 0.964 bits per heavy atom. The number of hydrogen-bond donors (Lipinski definition) is 1. The molecule has 4 atom stereocenters. The third-order valence-corrected chi connectivity index (χ3v) is 5.79. The maximum Gasteiger partial charge on any atom is 0.241 e. The van der Waals surface area contributed by atoms with Crippen molar-refractivity contribution in [2.24, 2.45) is 17.6 Å². The van der Waals surface area contributed by atoms with E-state index in [4.69, 9.17) is 5.73 Å². The van der Waals surface area contributed by atoms with Crippen LogP contribution in [-0.2, 0) is 14.4 Å². The van der Waals surface area contributed by atoms with Crippen molar-refractivity contribution < 1.29 is 18.8 Å². The predicted octanol–water partition coefficient (Wildman–Crippen LogP) is 1.70. The smallest absolute Gasteiger partial charge is 0.241 e. The fourth-order valence-corrected chi connectivity index (χ4v) is 4.68. The van der Waals surface area contributed by atoms with Gasteiger partial charge in [-0.05, 0) is 35.9 Å². The first-order valence-corrected chi connectivity index (χ1v) is 8.97. The molecule has 7 heteroatoms. The average Bonchev–Trinajstić information content (AvgIpc) is 3.16. The number of halogens is 1. The minimum absolute atomic E-state index is 0.292. The second-order valence-electron chi connectivity index (χ2n) is 7.20. The number of rotatable bonds is 2. The number of carbonyl (C=O) groups excluding carboxylic acids is 3. The standard InChI is InChI=1S/C21H16FN3O3/c22-12-6-8-13(9-7-12)24-20(27)16-15-10-5-11-3-1-2-4-14(11)25(15)18(19(23)26)17(16)21(24)28/h1-10,15-18H,(H2,23,26). The first-order valence-electron chi connectivity index (χ1n) is 8.97. The average molecular weight is 377 g/mol. The molecule has 5 rings (SSSR count). The highest BCUT2D eigenvalue weighted by molar-refractivity contribution is 6.24. The molecule has 3 aliphatic heterocycles. The van der Waals surface area contributed by atoms with Gasteiger partial charge >= 0.3 is 0 Å². The van der Waals surface area contributed by atoms with Crippen molar-refractivity contribution in [3.63, 3.8) is 0 Å². The Morgan fingerprint density at radius 2 is 1.64 bits per heavy atom. The lowest BCUT2D eigenvalue weighted by Crippen LogP contribution is -2.50. The molecule has 2 saturated heterocycles. The molecule has 3 aliphatic rings. The Labute approximate surface area is 160 Å². The quantitative estimate of drug-likeness (QED) is 0.808. The van der Waals surface area contributed by atoms with E-state index in [1.165, 1.54) is 24.3 Å². The fraction of sp³-hybridized carbons (Fsp3) is 0.190. The number of primary amides is 1. The van der Waals surface area contributed by atoms with Crippen LogP contribution in [0.2, 0.25) is 0 Å². The highest BCUT2D eigenvalue weighted by Gasteiger charge is 2.64. The molecular formula is C21H16FN3O3. The number of hydrogen-bond acceptors (Lipinski definition) is 4. The summed E-state index contributed by atoms with van der Waals surface area (Å²) in [6.45, 7) is 0. The van der Waals surface area contributed by atoms with E-state index in [-0.39, 0.29) is 0 Å². The summed E-state index contributed by atoms with van der Waals surface area (Å²) in [4.78, 5) is 41.6. The van der Waals surface area contributed by atoms with Gasteiger partial charge in [0.15, 0.2) is 0 Å². The van der Waals surface area contributed by atoms with Gasteiger partial charge in [-0.15, -0.1) is 0 Å². The lowest BCUT2D eigenvalue weighted by atomic mass is 9.88. The van der Waals surface area contributed by atoms with Gasteiger partial charge in [0.05, 0.1) is 23.6 Å². The lowest BCUT2D eigenvalue weighted by molar-refractivity contribution is -0.127. The second-order valence-corrected chi connectivity index (χ2v) is 7.20. The first kappa shape index (κ1) is 16.7. The molecule has 0 radical (unpaired) electrons. The van der Waals surface area contributed by atoms with E-state index in [0.717, 1.165) is 16.2 Å². The SMILES string of the molecule is NC(=O)C1C2C(=O)N(c3ccc(F)cc3)C(=O)C2C2C=Cc3ccccc3N21. The number of fused-ring (bicyclic) bond motifs is 5. The van der Waals surface area contributed by atoms with Crippen molar-refractivity contribution in [3.05, 3.63) is 66.0 Å². The van der Waals surface area contributed by atoms with Crippen LogP contribution in [0.3, 0.4) is 0 Å². The Hall–Kier alpha value is -3.48. The molecule has 0 saturated carbocycles. The van der Waals surface area contributed by atoms with Gasteiger partial charge in [-0.1, -0.05) is 30.4 Å². The van der Waals surface area contributed by atoms with Crippen LogP contribution < -0.4 is 15.5 Å². The summed E-state index contributed by atoms with van der Waals surface area (Å²) < 4.78 is 13.3. The monoisotopic (exact) mass is 377 g/mol. The normalized spacial score (nSPS) is 27.6. The third-order valence-electron chi connectivity index (χ3n) is 5.79. The van der Waals surface area contributed by atoms with Crippen LogP contribution >= 0.6 is 0 Å². The van der Waals surface area contributed by atoms with E-state index in [2.05, 4.69) is 0 Å². The van der Waals surface area contributed by atoms with Crippen LogP contribution in [0.15, 0.2) is 54.6 Å². The molecule has 2 aromatic rings. The van der Waals surface area contributed by atoms with E-state index in [9.17, 15) is 18.8 Å². The van der Waals surface area contributed by atoms with Crippen molar-refractivity contribution in [1.82, 2.24) is 0 Å². The van der Waals surface area contributed by atoms with E-state index >= 15 is 0 Å². The van der Waals surface area contributed by atoms with Crippen molar-refractivity contribution in [1.29, 1.82) is 0 Å². The van der Waals surface area contributed by atoms with E-state index in [1.54, 1.807) is 4.90 Å². The minimum Gasteiger partial charge on any atom is -0.368 e. The Kier molecular flexibility index (Phi) is 3.43. The van der Waals surface area contributed by atoms with Crippen LogP contribution in [0, 0.1) is 17.7 Å². The van der Waals surface area contributed by atoms with Crippen LogP contribution in [0.4, 0.5) is 15.8 Å². The molecular weight excluding hydrogens is 361 g/mol. The summed E-state index contributed by atoms with van der Waals surface area (Å²) in [6, 6.07) is 11.3. The molecule has 0 aliphatic carbocycles. The van der Waals surface area contributed by atoms with E-state index < -0.39 is 47.5 Å². The molecule has 0 aromatic heterocycles. The minimum atomic E-state index is -0.928. The van der Waals surface area contributed by atoms with E-state index in [0.29, 0.717) is 5.69 Å². The lowest BCUT2D eigenvalue weighted by Gasteiger charge is -2.35. The van der Waals surface area contributed by atoms with Crippen LogP contribution in [0.25, 0.3) is 6.08 Å². The van der Waals surface area contributed by atoms with Crippen molar-refractivity contribution in [3.8, 4) is 0 Å². The van der Waals surface area contributed by atoms with Gasteiger partial charge in [0.25, 0.3) is 0 Å². The molecule has 0 bridgehead atoms. The van der Waals surface area contributed by atoms with Crippen LogP contribution in [-0.4, -0.2) is 29.8 Å². The van der Waals surface area contributed by atoms with E-state index in [1.807, 2.05) is 36.4 Å². The molecule has 4 unspecified atom stereocenters. The number of nitrogens with two attached hydrogens (primary N) is 1. The van der Waals surface area contributed by atoms with Crippen LogP contribution in [0.5, 0.6) is 0 Å². The Balaban J connectivity index is 1.62. The summed E-state index contributed by atoms with van der Waals surface area (Å²) in [5.41, 5.74) is 7.67. The number of imide groups is 1. The maximum absolute atomic E-state index is 13.3. The molecule has 3 amide bonds. The summed E-state index contributed by atoms with van der Waals surface area (Å²) in [7, 11) is 0. The Bertz CT molecular complexity index is 1050. The van der Waals surface area contributed by atoms with Gasteiger partial charge in [-0.2, -0.15) is 0 Å². The molecule has 28 heavy (non-hydrogen) atoms. The molecule has 2 aromatic carbocycles. The number of amides is 3. The molecule has 6 nitrogen and oxygen atoms in total. The topological polar surface area (TPSA) is 83.7 Å². The molecule has 2 fully saturated rings. The van der Waals surface area contributed by atoms with Gasteiger partial charge in [0.1, 0.15) is 11.9 Å². The largest absolute Gasteiger partial charge is 0.368 e. The molecule has 3 heterocycles. The van der Waals surface area contributed by atoms with Gasteiger partial charge < -0.3 is 10.6 Å². The Morgan fingerprint density at radius 3 is 2.36 bits per heavy atom.